The van der Waals surface area contributed by atoms with Gasteiger partial charge in [0.1, 0.15) is 11.2 Å². The number of hydrogen-bond acceptors (Lipinski definition) is 3. The molecule has 0 fully saturated rings. The Labute approximate surface area is 115 Å². The number of nitrogens with zero attached hydrogens (tertiary/aromatic N) is 3. The zero-order valence-electron chi connectivity index (χ0n) is 11.0. The number of aryl methyl sites for hydroxylation is 1. The van der Waals surface area contributed by atoms with E-state index in [0.29, 0.717) is 5.69 Å². The molecule has 0 atom stereocenters. The van der Waals surface area contributed by atoms with Crippen LogP contribution in [0.2, 0.25) is 0 Å². The van der Waals surface area contributed by atoms with E-state index in [1.165, 1.54) is 0 Å². The Balaban J connectivity index is 2.04. The highest BCUT2D eigenvalue weighted by Gasteiger charge is 2.14. The Hall–Kier alpha value is -2.82. The lowest BCUT2D eigenvalue weighted by Gasteiger charge is -1.91. The van der Waals surface area contributed by atoms with Gasteiger partial charge in [-0.05, 0) is 18.2 Å². The zero-order valence-corrected chi connectivity index (χ0v) is 11.0. The largest absolute Gasteiger partial charge is 0.397 e. The molecule has 0 radical (unpaired) electrons. The van der Waals surface area contributed by atoms with Gasteiger partial charge in [-0.3, -0.25) is 4.68 Å². The van der Waals surface area contributed by atoms with Crippen molar-refractivity contribution in [1.82, 2.24) is 19.7 Å². The SMILES string of the molecule is Cn1nc(-c2nc3c(N)cccc3[nH]2)c2ccccc21. The van der Waals surface area contributed by atoms with Crippen molar-refractivity contribution in [2.45, 2.75) is 0 Å². The van der Waals surface area contributed by atoms with Crippen molar-refractivity contribution in [3.63, 3.8) is 0 Å². The van der Waals surface area contributed by atoms with Crippen LogP contribution in [-0.2, 0) is 7.05 Å². The maximum Gasteiger partial charge on any atom is 0.159 e. The topological polar surface area (TPSA) is 72.5 Å². The first-order valence-corrected chi connectivity index (χ1v) is 6.40. The molecule has 0 amide bonds. The van der Waals surface area contributed by atoms with Crippen LogP contribution in [0.5, 0.6) is 0 Å². The van der Waals surface area contributed by atoms with Gasteiger partial charge in [-0.2, -0.15) is 5.10 Å². The lowest BCUT2D eigenvalue weighted by atomic mass is 10.2. The second kappa shape index (κ2) is 3.84. The predicted octanol–water partition coefficient (Wildman–Crippen LogP) is 2.70. The third-order valence-electron chi connectivity index (χ3n) is 3.53. The van der Waals surface area contributed by atoms with Crippen LogP contribution in [0.1, 0.15) is 0 Å². The summed E-state index contributed by atoms with van der Waals surface area (Å²) in [5, 5.41) is 5.64. The Morgan fingerprint density at radius 1 is 1.10 bits per heavy atom. The van der Waals surface area contributed by atoms with Crippen LogP contribution in [0.3, 0.4) is 0 Å². The van der Waals surface area contributed by atoms with E-state index >= 15 is 0 Å². The van der Waals surface area contributed by atoms with Gasteiger partial charge in [0.15, 0.2) is 5.82 Å². The van der Waals surface area contributed by atoms with Crippen LogP contribution < -0.4 is 5.73 Å². The summed E-state index contributed by atoms with van der Waals surface area (Å²) >= 11 is 0. The number of nitrogens with two attached hydrogens (primary N) is 1. The smallest absolute Gasteiger partial charge is 0.159 e. The summed E-state index contributed by atoms with van der Waals surface area (Å²) in [6, 6.07) is 13.8. The van der Waals surface area contributed by atoms with Crippen LogP contribution in [0.4, 0.5) is 5.69 Å². The lowest BCUT2D eigenvalue weighted by molar-refractivity contribution is 0.798. The van der Waals surface area contributed by atoms with Gasteiger partial charge in [0, 0.05) is 12.4 Å². The number of nitrogens with one attached hydrogen (secondary N) is 1. The maximum absolute atomic E-state index is 5.96. The summed E-state index contributed by atoms with van der Waals surface area (Å²) in [5.41, 5.74) is 10.3. The Bertz CT molecular complexity index is 932. The molecule has 2 aromatic heterocycles. The average Bonchev–Trinajstić information content (AvgIpc) is 3.02. The molecule has 98 valence electrons. The number of benzene rings is 2. The van der Waals surface area contributed by atoms with Gasteiger partial charge in [0.05, 0.1) is 16.7 Å². The molecule has 0 aliphatic carbocycles. The summed E-state index contributed by atoms with van der Waals surface area (Å²) < 4.78 is 1.86. The number of aromatic amines is 1. The van der Waals surface area contributed by atoms with Gasteiger partial charge in [-0.15, -0.1) is 0 Å². The van der Waals surface area contributed by atoms with Gasteiger partial charge in [-0.1, -0.05) is 24.3 Å². The van der Waals surface area contributed by atoms with Gasteiger partial charge in [0.25, 0.3) is 0 Å². The van der Waals surface area contributed by atoms with E-state index in [-0.39, 0.29) is 0 Å². The monoisotopic (exact) mass is 263 g/mol. The molecule has 2 aromatic carbocycles. The van der Waals surface area contributed by atoms with Gasteiger partial charge >= 0.3 is 0 Å². The Kier molecular flexibility index (Phi) is 2.12. The highest BCUT2D eigenvalue weighted by atomic mass is 15.3. The van der Waals surface area contributed by atoms with E-state index in [1.807, 2.05) is 54.2 Å². The number of fused-ring (bicyclic) bond motifs is 2. The number of anilines is 1. The molecule has 0 saturated carbocycles. The van der Waals surface area contributed by atoms with Crippen molar-refractivity contribution in [3.8, 4) is 11.5 Å². The Morgan fingerprint density at radius 2 is 1.95 bits per heavy atom. The molecule has 3 N–H and O–H groups in total. The van der Waals surface area contributed by atoms with Gasteiger partial charge in [-0.25, -0.2) is 4.98 Å². The summed E-state index contributed by atoms with van der Waals surface area (Å²) in [4.78, 5) is 7.88. The van der Waals surface area contributed by atoms with E-state index in [1.54, 1.807) is 0 Å². The molecule has 0 aliphatic rings. The van der Waals surface area contributed by atoms with Crippen LogP contribution in [0.25, 0.3) is 33.5 Å². The van der Waals surface area contributed by atoms with E-state index in [4.69, 9.17) is 5.73 Å². The minimum Gasteiger partial charge on any atom is -0.397 e. The highest BCUT2D eigenvalue weighted by molar-refractivity contribution is 5.95. The molecule has 0 aliphatic heterocycles. The third-order valence-corrected chi connectivity index (χ3v) is 3.53. The normalized spacial score (nSPS) is 11.4. The zero-order chi connectivity index (χ0) is 13.7. The molecule has 0 spiro atoms. The first kappa shape index (κ1) is 11.0. The number of rotatable bonds is 1. The Morgan fingerprint density at radius 3 is 2.80 bits per heavy atom. The molecule has 20 heavy (non-hydrogen) atoms. The van der Waals surface area contributed by atoms with E-state index < -0.39 is 0 Å². The number of imidazole rings is 1. The van der Waals surface area contributed by atoms with Crippen LogP contribution in [0, 0.1) is 0 Å². The molecular formula is C15H13N5. The quantitative estimate of drug-likeness (QED) is 0.519. The van der Waals surface area contributed by atoms with Crippen molar-refractivity contribution in [2.24, 2.45) is 7.05 Å². The minimum absolute atomic E-state index is 0.672. The molecule has 0 bridgehead atoms. The van der Waals surface area contributed by atoms with E-state index in [2.05, 4.69) is 15.1 Å². The second-order valence-corrected chi connectivity index (χ2v) is 4.82. The standard InChI is InChI=1S/C15H13N5/c1-20-12-8-3-2-5-9(12)13(19-20)15-17-11-7-4-6-10(16)14(11)18-15/h2-8H,16H2,1H3,(H,17,18). The number of para-hydroxylation sites is 2. The molecule has 0 unspecified atom stereocenters. The average molecular weight is 263 g/mol. The van der Waals surface area contributed by atoms with Crippen molar-refractivity contribution in [2.75, 3.05) is 5.73 Å². The summed E-state index contributed by atoms with van der Waals surface area (Å²) in [6.45, 7) is 0. The molecule has 2 heterocycles. The van der Waals surface area contributed by atoms with E-state index in [9.17, 15) is 0 Å². The fourth-order valence-electron chi connectivity index (χ4n) is 2.56. The fourth-order valence-corrected chi connectivity index (χ4v) is 2.56. The maximum atomic E-state index is 5.96. The van der Waals surface area contributed by atoms with Crippen molar-refractivity contribution in [1.29, 1.82) is 0 Å². The fraction of sp³-hybridized carbons (Fsp3) is 0.0667. The second-order valence-electron chi connectivity index (χ2n) is 4.82. The minimum atomic E-state index is 0.672. The van der Waals surface area contributed by atoms with Gasteiger partial charge < -0.3 is 10.7 Å². The van der Waals surface area contributed by atoms with E-state index in [0.717, 1.165) is 33.5 Å². The van der Waals surface area contributed by atoms with Crippen LogP contribution in [-0.4, -0.2) is 19.7 Å². The molecule has 5 nitrogen and oxygen atoms in total. The number of nitrogen functional groups attached to an aromatic ring is 1. The summed E-state index contributed by atoms with van der Waals surface area (Å²) in [5.74, 6) is 0.745. The third kappa shape index (κ3) is 1.43. The van der Waals surface area contributed by atoms with Crippen molar-refractivity contribution in [3.05, 3.63) is 42.5 Å². The van der Waals surface area contributed by atoms with Crippen LogP contribution in [0.15, 0.2) is 42.5 Å². The number of aromatic nitrogens is 4. The molecule has 4 rings (SSSR count). The van der Waals surface area contributed by atoms with Crippen molar-refractivity contribution >= 4 is 27.6 Å². The van der Waals surface area contributed by atoms with Crippen molar-refractivity contribution < 1.29 is 0 Å². The molecule has 5 heteroatoms. The van der Waals surface area contributed by atoms with Gasteiger partial charge in [0.2, 0.25) is 0 Å². The first-order valence-electron chi connectivity index (χ1n) is 6.40. The van der Waals surface area contributed by atoms with Crippen LogP contribution >= 0.6 is 0 Å². The summed E-state index contributed by atoms with van der Waals surface area (Å²) in [6.07, 6.45) is 0. The highest BCUT2D eigenvalue weighted by Crippen LogP contribution is 2.28. The first-order chi connectivity index (χ1) is 9.74. The lowest BCUT2D eigenvalue weighted by Crippen LogP contribution is -1.90. The number of H-pyrrole nitrogens is 1. The molecule has 4 aromatic rings. The number of hydrogen-bond donors (Lipinski definition) is 2. The summed E-state index contributed by atoms with van der Waals surface area (Å²) in [7, 11) is 1.93. The predicted molar refractivity (Wildman–Crippen MR) is 80.2 cm³/mol. The molecular weight excluding hydrogens is 250 g/mol. The molecule has 0 saturated heterocycles.